The van der Waals surface area contributed by atoms with Crippen LogP contribution in [0.15, 0.2) is 35.5 Å². The Morgan fingerprint density at radius 2 is 2.00 bits per heavy atom. The molecule has 0 aliphatic heterocycles. The van der Waals surface area contributed by atoms with E-state index in [1.807, 2.05) is 30.3 Å². The van der Waals surface area contributed by atoms with Crippen LogP contribution in [0.4, 0.5) is 0 Å². The summed E-state index contributed by atoms with van der Waals surface area (Å²) in [4.78, 5) is 11.1. The van der Waals surface area contributed by atoms with Crippen molar-refractivity contribution in [2.24, 2.45) is 5.16 Å². The number of hydrogen-bond acceptors (Lipinski definition) is 5. The van der Waals surface area contributed by atoms with Gasteiger partial charge in [-0.15, -0.1) is 0 Å². The summed E-state index contributed by atoms with van der Waals surface area (Å²) in [5.74, 6) is 0.225. The highest BCUT2D eigenvalue weighted by atomic mass is 16.5. The monoisotopic (exact) mass is 251 g/mol. The molecule has 0 radical (unpaired) electrons. The van der Waals surface area contributed by atoms with Crippen molar-refractivity contribution in [3.8, 4) is 5.75 Å². The molecule has 0 saturated heterocycles. The summed E-state index contributed by atoms with van der Waals surface area (Å²) in [5.41, 5.74) is 0.0391. The van der Waals surface area contributed by atoms with Crippen molar-refractivity contribution in [2.45, 2.75) is 19.3 Å². The maximum absolute atomic E-state index is 11.1. The number of methoxy groups -OCH3 is 1. The maximum Gasteiger partial charge on any atom is 0.355 e. The minimum absolute atomic E-state index is 0.0391. The van der Waals surface area contributed by atoms with Crippen LogP contribution in [0.2, 0.25) is 0 Å². The summed E-state index contributed by atoms with van der Waals surface area (Å²) in [6.45, 7) is 0.559. The Morgan fingerprint density at radius 1 is 1.28 bits per heavy atom. The van der Waals surface area contributed by atoms with Gasteiger partial charge in [-0.25, -0.2) is 4.79 Å². The lowest BCUT2D eigenvalue weighted by Gasteiger charge is -2.05. The summed E-state index contributed by atoms with van der Waals surface area (Å²) in [6, 6.07) is 9.50. The quantitative estimate of drug-likeness (QED) is 0.265. The minimum Gasteiger partial charge on any atom is -0.494 e. The number of carbonyl (C=O) groups is 1. The van der Waals surface area contributed by atoms with E-state index in [1.165, 1.54) is 7.11 Å². The first-order valence-electron chi connectivity index (χ1n) is 5.75. The topological polar surface area (TPSA) is 68.1 Å². The third kappa shape index (κ3) is 4.86. The molecular weight excluding hydrogens is 234 g/mol. The second-order valence-corrected chi connectivity index (χ2v) is 3.66. The molecule has 0 spiro atoms. The zero-order chi connectivity index (χ0) is 13.2. The van der Waals surface area contributed by atoms with Gasteiger partial charge in [-0.1, -0.05) is 23.4 Å². The third-order valence-corrected chi connectivity index (χ3v) is 2.36. The molecule has 1 aromatic carbocycles. The van der Waals surface area contributed by atoms with E-state index in [1.54, 1.807) is 0 Å². The third-order valence-electron chi connectivity index (χ3n) is 2.36. The van der Waals surface area contributed by atoms with Crippen LogP contribution in [0.3, 0.4) is 0 Å². The molecule has 18 heavy (non-hydrogen) atoms. The minimum atomic E-state index is -0.596. The highest BCUT2D eigenvalue weighted by molar-refractivity contribution is 6.36. The fourth-order valence-electron chi connectivity index (χ4n) is 1.41. The van der Waals surface area contributed by atoms with Crippen molar-refractivity contribution >= 4 is 11.7 Å². The van der Waals surface area contributed by atoms with Crippen molar-refractivity contribution in [1.29, 1.82) is 0 Å². The molecule has 0 aliphatic carbocycles. The van der Waals surface area contributed by atoms with E-state index >= 15 is 0 Å². The lowest BCUT2D eigenvalue weighted by Crippen LogP contribution is -2.16. The first-order valence-corrected chi connectivity index (χ1v) is 5.75. The van der Waals surface area contributed by atoms with E-state index in [0.717, 1.165) is 12.2 Å². The number of ether oxygens (including phenoxy) is 2. The van der Waals surface area contributed by atoms with Gasteiger partial charge in [0.1, 0.15) is 5.75 Å². The summed E-state index contributed by atoms with van der Waals surface area (Å²) >= 11 is 0. The lowest BCUT2D eigenvalue weighted by molar-refractivity contribution is -0.133. The van der Waals surface area contributed by atoms with Gasteiger partial charge in [0.05, 0.1) is 13.7 Å². The van der Waals surface area contributed by atoms with Gasteiger partial charge >= 0.3 is 5.97 Å². The predicted octanol–water partition coefficient (Wildman–Crippen LogP) is 2.24. The van der Waals surface area contributed by atoms with E-state index < -0.39 is 5.97 Å². The van der Waals surface area contributed by atoms with Crippen LogP contribution >= 0.6 is 0 Å². The van der Waals surface area contributed by atoms with Crippen LogP contribution in [0, 0.1) is 0 Å². The van der Waals surface area contributed by atoms with Crippen molar-refractivity contribution < 1.29 is 19.5 Å². The average Bonchev–Trinajstić information content (AvgIpc) is 2.43. The normalized spacial score (nSPS) is 11.1. The average molecular weight is 251 g/mol. The molecule has 0 unspecified atom stereocenters. The number of carbonyl (C=O) groups excluding carboxylic acids is 1. The molecule has 5 nitrogen and oxygen atoms in total. The molecule has 5 heteroatoms. The number of esters is 1. The molecule has 1 rings (SSSR count). The number of unbranched alkanes of at least 4 members (excludes halogenated alkanes) is 1. The number of benzene rings is 1. The summed E-state index contributed by atoms with van der Waals surface area (Å²) < 4.78 is 9.96. The lowest BCUT2D eigenvalue weighted by atomic mass is 10.2. The Labute approximate surface area is 106 Å². The largest absolute Gasteiger partial charge is 0.494 e. The summed E-state index contributed by atoms with van der Waals surface area (Å²) in [5, 5.41) is 11.5. The van der Waals surface area contributed by atoms with Crippen LogP contribution in [-0.4, -0.2) is 30.6 Å². The molecule has 0 aliphatic rings. The van der Waals surface area contributed by atoms with Crippen molar-refractivity contribution in [3.63, 3.8) is 0 Å². The number of hydrogen-bond donors (Lipinski definition) is 1. The molecule has 0 aromatic heterocycles. The van der Waals surface area contributed by atoms with Gasteiger partial charge < -0.3 is 14.7 Å². The van der Waals surface area contributed by atoms with Crippen molar-refractivity contribution in [3.05, 3.63) is 30.3 Å². The van der Waals surface area contributed by atoms with Crippen LogP contribution in [0.1, 0.15) is 19.3 Å². The maximum atomic E-state index is 11.1. The molecular formula is C13H17NO4. The Kier molecular flexibility index (Phi) is 6.32. The molecule has 0 fully saturated rings. The summed E-state index contributed by atoms with van der Waals surface area (Å²) in [7, 11) is 1.26. The highest BCUT2D eigenvalue weighted by Crippen LogP contribution is 2.09. The van der Waals surface area contributed by atoms with E-state index in [-0.39, 0.29) is 5.71 Å². The fraction of sp³-hybridized carbons (Fsp3) is 0.385. The molecule has 0 heterocycles. The standard InChI is InChI=1S/C13H17NO4/c1-17-13(15)12(14-16)9-5-6-10-18-11-7-3-2-4-8-11/h2-4,7-8,16H,5-6,9-10H2,1H3. The van der Waals surface area contributed by atoms with Gasteiger partial charge in [-0.2, -0.15) is 0 Å². The fourth-order valence-corrected chi connectivity index (χ4v) is 1.41. The SMILES string of the molecule is COC(=O)C(CCCCOc1ccccc1)=NO. The van der Waals surface area contributed by atoms with Gasteiger partial charge in [0.25, 0.3) is 0 Å². The Bertz CT molecular complexity index is 389. The smallest absolute Gasteiger partial charge is 0.355 e. The Morgan fingerprint density at radius 3 is 2.61 bits per heavy atom. The Hall–Kier alpha value is -2.04. The molecule has 1 N–H and O–H groups in total. The van der Waals surface area contributed by atoms with E-state index in [2.05, 4.69) is 9.89 Å². The highest BCUT2D eigenvalue weighted by Gasteiger charge is 2.11. The van der Waals surface area contributed by atoms with Gasteiger partial charge in [0, 0.05) is 6.42 Å². The molecule has 0 saturated carbocycles. The molecule has 1 aromatic rings. The zero-order valence-corrected chi connectivity index (χ0v) is 10.3. The van der Waals surface area contributed by atoms with E-state index in [9.17, 15) is 4.79 Å². The van der Waals surface area contributed by atoms with Crippen LogP contribution in [0.5, 0.6) is 5.75 Å². The molecule has 0 atom stereocenters. The number of nitrogens with zero attached hydrogens (tertiary/aromatic N) is 1. The first-order chi connectivity index (χ1) is 8.77. The zero-order valence-electron chi connectivity index (χ0n) is 10.3. The Balaban J connectivity index is 2.17. The van der Waals surface area contributed by atoms with Gasteiger partial charge in [-0.3, -0.25) is 0 Å². The van der Waals surface area contributed by atoms with Crippen molar-refractivity contribution in [1.82, 2.24) is 0 Å². The predicted molar refractivity (Wildman–Crippen MR) is 67.0 cm³/mol. The van der Waals surface area contributed by atoms with Gasteiger partial charge in [0.2, 0.25) is 0 Å². The van der Waals surface area contributed by atoms with E-state index in [4.69, 9.17) is 9.94 Å². The van der Waals surface area contributed by atoms with Gasteiger partial charge in [-0.05, 0) is 25.0 Å². The molecule has 98 valence electrons. The summed E-state index contributed by atoms with van der Waals surface area (Å²) in [6.07, 6.45) is 1.84. The van der Waals surface area contributed by atoms with E-state index in [0.29, 0.717) is 19.4 Å². The second kappa shape index (κ2) is 8.11. The van der Waals surface area contributed by atoms with Crippen LogP contribution < -0.4 is 4.74 Å². The second-order valence-electron chi connectivity index (χ2n) is 3.66. The first kappa shape index (κ1) is 14.0. The van der Waals surface area contributed by atoms with Crippen molar-refractivity contribution in [2.75, 3.05) is 13.7 Å². The molecule has 0 amide bonds. The van der Waals surface area contributed by atoms with Gasteiger partial charge in [0.15, 0.2) is 5.71 Å². The number of para-hydroxylation sites is 1. The van der Waals surface area contributed by atoms with Crippen LogP contribution in [-0.2, 0) is 9.53 Å². The molecule has 0 bridgehead atoms. The number of oxime groups is 1. The number of rotatable bonds is 7. The van der Waals surface area contributed by atoms with Crippen LogP contribution in [0.25, 0.3) is 0 Å².